The average Bonchev–Trinajstić information content (AvgIpc) is 2.76. The van der Waals surface area contributed by atoms with Crippen LogP contribution in [-0.4, -0.2) is 44.2 Å². The summed E-state index contributed by atoms with van der Waals surface area (Å²) in [7, 11) is 4.53. The third-order valence-electron chi connectivity index (χ3n) is 6.62. The largest absolute Gasteiger partial charge is 0.460 e. The van der Waals surface area contributed by atoms with Crippen molar-refractivity contribution in [2.75, 3.05) is 33.8 Å². The van der Waals surface area contributed by atoms with Gasteiger partial charge in [-0.05, 0) is 32.1 Å². The van der Waals surface area contributed by atoms with E-state index < -0.39 is 0 Å². The highest BCUT2D eigenvalue weighted by Crippen LogP contribution is 2.13. The number of likely N-dealkylation sites (N-methyl/N-ethyl adjacent to an activating group) is 1. The van der Waals surface area contributed by atoms with Crippen LogP contribution in [0, 0.1) is 0 Å². The van der Waals surface area contributed by atoms with Gasteiger partial charge in [-0.1, -0.05) is 103 Å². The third kappa shape index (κ3) is 23.8. The highest BCUT2D eigenvalue weighted by molar-refractivity contribution is 5.69. The van der Waals surface area contributed by atoms with Gasteiger partial charge in [0.25, 0.3) is 0 Å². The lowest BCUT2D eigenvalue weighted by molar-refractivity contribution is -0.890. The molecule has 0 aliphatic rings. The molecule has 0 aliphatic carbocycles. The van der Waals surface area contributed by atoms with Crippen LogP contribution in [0.4, 0.5) is 0 Å². The molecule has 3 heteroatoms. The van der Waals surface area contributed by atoms with Gasteiger partial charge in [0.05, 0.1) is 20.6 Å². The van der Waals surface area contributed by atoms with E-state index >= 15 is 0 Å². The Morgan fingerprint density at radius 3 is 1.69 bits per heavy atom. The van der Waals surface area contributed by atoms with Crippen LogP contribution in [0.15, 0.2) is 12.7 Å². The summed E-state index contributed by atoms with van der Waals surface area (Å²) in [5, 5.41) is 0. The smallest absolute Gasteiger partial charge is 0.305 e. The van der Waals surface area contributed by atoms with Crippen LogP contribution in [-0.2, 0) is 9.53 Å². The maximum absolute atomic E-state index is 11.9. The third-order valence-corrected chi connectivity index (χ3v) is 6.62. The zero-order valence-corrected chi connectivity index (χ0v) is 22.3. The lowest BCUT2D eigenvalue weighted by Crippen LogP contribution is -2.43. The molecule has 0 bridgehead atoms. The standard InChI is InChI=1S/C29H58NO2/c1-5-7-9-11-13-15-16-17-18-20-22-24-26-30(3,4)27-28-32-29(31)25-23-21-19-14-12-10-8-6-2/h6H,2,5,7-28H2,1,3-4H3/q+1. The average molecular weight is 453 g/mol. The van der Waals surface area contributed by atoms with Crippen molar-refractivity contribution >= 4 is 5.97 Å². The fourth-order valence-corrected chi connectivity index (χ4v) is 4.24. The van der Waals surface area contributed by atoms with Gasteiger partial charge in [-0.25, -0.2) is 0 Å². The predicted molar refractivity (Wildman–Crippen MR) is 141 cm³/mol. The molecule has 0 saturated heterocycles. The molecule has 0 N–H and O–H groups in total. The van der Waals surface area contributed by atoms with E-state index in [0.29, 0.717) is 13.0 Å². The number of hydrogen-bond acceptors (Lipinski definition) is 2. The molecule has 0 aromatic heterocycles. The first-order chi connectivity index (χ1) is 15.5. The van der Waals surface area contributed by atoms with Crippen LogP contribution in [0.25, 0.3) is 0 Å². The highest BCUT2D eigenvalue weighted by atomic mass is 16.5. The summed E-state index contributed by atoms with van der Waals surface area (Å²) in [6, 6.07) is 0. The molecule has 0 heterocycles. The molecule has 0 aromatic rings. The van der Waals surface area contributed by atoms with E-state index in [0.717, 1.165) is 30.3 Å². The SMILES string of the molecule is C=CCCCCCCCCC(=O)OCC[N+](C)(C)CCCCCCCCCCCCCC. The van der Waals surface area contributed by atoms with E-state index in [2.05, 4.69) is 27.6 Å². The fourth-order valence-electron chi connectivity index (χ4n) is 4.24. The van der Waals surface area contributed by atoms with Crippen molar-refractivity contribution in [3.8, 4) is 0 Å². The minimum absolute atomic E-state index is 0.0120. The number of carbonyl (C=O) groups excluding carboxylic acids is 1. The Bertz CT molecular complexity index is 419. The van der Waals surface area contributed by atoms with Gasteiger partial charge >= 0.3 is 5.97 Å². The summed E-state index contributed by atoms with van der Waals surface area (Å²) in [5.74, 6) is -0.0120. The Balaban J connectivity index is 3.45. The van der Waals surface area contributed by atoms with Crippen molar-refractivity contribution in [2.24, 2.45) is 0 Å². The lowest BCUT2D eigenvalue weighted by Gasteiger charge is -2.29. The zero-order chi connectivity index (χ0) is 23.8. The number of rotatable bonds is 25. The number of allylic oxidation sites excluding steroid dienone is 1. The number of nitrogens with zero attached hydrogens (tertiary/aromatic N) is 1. The second-order valence-corrected chi connectivity index (χ2v) is 10.4. The molecule has 0 atom stereocenters. The molecule has 0 fully saturated rings. The van der Waals surface area contributed by atoms with Crippen molar-refractivity contribution in [1.29, 1.82) is 0 Å². The van der Waals surface area contributed by atoms with E-state index in [-0.39, 0.29) is 5.97 Å². The van der Waals surface area contributed by atoms with Crippen molar-refractivity contribution in [3.63, 3.8) is 0 Å². The minimum atomic E-state index is -0.0120. The quantitative estimate of drug-likeness (QED) is 0.0599. The van der Waals surface area contributed by atoms with Crippen molar-refractivity contribution < 1.29 is 14.0 Å². The Labute approximate surface area is 202 Å². The molecular formula is C29H58NO2+. The van der Waals surface area contributed by atoms with E-state index in [1.54, 1.807) is 0 Å². The van der Waals surface area contributed by atoms with Gasteiger partial charge in [-0.15, -0.1) is 6.58 Å². The molecule has 3 nitrogen and oxygen atoms in total. The first-order valence-corrected chi connectivity index (χ1v) is 14.1. The molecule has 0 aromatic carbocycles. The van der Waals surface area contributed by atoms with Crippen LogP contribution < -0.4 is 0 Å². The topological polar surface area (TPSA) is 26.3 Å². The highest BCUT2D eigenvalue weighted by Gasteiger charge is 2.15. The summed E-state index contributed by atoms with van der Waals surface area (Å²) < 4.78 is 6.44. The van der Waals surface area contributed by atoms with E-state index in [4.69, 9.17) is 4.74 Å². The first kappa shape index (κ1) is 31.2. The second kappa shape index (κ2) is 23.3. The van der Waals surface area contributed by atoms with E-state index in [1.165, 1.54) is 109 Å². The Kier molecular flexibility index (Phi) is 22.7. The maximum atomic E-state index is 11.9. The molecule has 190 valence electrons. The number of hydrogen-bond donors (Lipinski definition) is 0. The van der Waals surface area contributed by atoms with Crippen LogP contribution in [0.1, 0.15) is 135 Å². The Hall–Kier alpha value is -0.830. The first-order valence-electron chi connectivity index (χ1n) is 14.1. The number of unbranched alkanes of at least 4 members (excludes halogenated alkanes) is 17. The van der Waals surface area contributed by atoms with Gasteiger partial charge in [0.2, 0.25) is 0 Å². The van der Waals surface area contributed by atoms with Gasteiger partial charge in [0.15, 0.2) is 0 Å². The summed E-state index contributed by atoms with van der Waals surface area (Å²) >= 11 is 0. The van der Waals surface area contributed by atoms with Crippen molar-refractivity contribution in [2.45, 2.75) is 135 Å². The van der Waals surface area contributed by atoms with Crippen LogP contribution in [0.3, 0.4) is 0 Å². The molecule has 0 rings (SSSR count). The summed E-state index contributed by atoms with van der Waals surface area (Å²) in [4.78, 5) is 11.9. The van der Waals surface area contributed by atoms with Crippen LogP contribution in [0.5, 0.6) is 0 Å². The molecule has 0 spiro atoms. The Morgan fingerprint density at radius 2 is 1.16 bits per heavy atom. The second-order valence-electron chi connectivity index (χ2n) is 10.4. The van der Waals surface area contributed by atoms with Crippen LogP contribution in [0.2, 0.25) is 0 Å². The van der Waals surface area contributed by atoms with Crippen molar-refractivity contribution in [1.82, 2.24) is 0 Å². The molecule has 32 heavy (non-hydrogen) atoms. The van der Waals surface area contributed by atoms with E-state index in [1.807, 2.05) is 6.08 Å². The molecule has 0 aliphatic heterocycles. The van der Waals surface area contributed by atoms with Gasteiger partial charge in [0.1, 0.15) is 13.2 Å². The zero-order valence-electron chi connectivity index (χ0n) is 22.3. The summed E-state index contributed by atoms with van der Waals surface area (Å²) in [5.41, 5.74) is 0. The predicted octanol–water partition coefficient (Wildman–Crippen LogP) is 8.61. The molecule has 0 unspecified atom stereocenters. The Morgan fingerprint density at radius 1 is 0.688 bits per heavy atom. The van der Waals surface area contributed by atoms with Gasteiger partial charge in [0, 0.05) is 6.42 Å². The van der Waals surface area contributed by atoms with E-state index in [9.17, 15) is 4.79 Å². The van der Waals surface area contributed by atoms with Crippen molar-refractivity contribution in [3.05, 3.63) is 12.7 Å². The van der Waals surface area contributed by atoms with Gasteiger partial charge < -0.3 is 9.22 Å². The summed E-state index contributed by atoms with van der Waals surface area (Å²) in [6.45, 7) is 8.71. The van der Waals surface area contributed by atoms with Gasteiger partial charge in [-0.2, -0.15) is 0 Å². The molecule has 0 amide bonds. The van der Waals surface area contributed by atoms with Gasteiger partial charge in [-0.3, -0.25) is 4.79 Å². The number of esters is 1. The minimum Gasteiger partial charge on any atom is -0.460 e. The normalized spacial score (nSPS) is 11.6. The fraction of sp³-hybridized carbons (Fsp3) is 0.897. The monoisotopic (exact) mass is 452 g/mol. The maximum Gasteiger partial charge on any atom is 0.305 e. The molecule has 0 saturated carbocycles. The molecule has 0 radical (unpaired) electrons. The number of ether oxygens (including phenoxy) is 1. The number of quaternary nitrogens is 1. The lowest BCUT2D eigenvalue weighted by atomic mass is 10.1. The van der Waals surface area contributed by atoms with Crippen LogP contribution >= 0.6 is 0 Å². The number of carbonyl (C=O) groups is 1. The molecular weight excluding hydrogens is 394 g/mol. The summed E-state index contributed by atoms with van der Waals surface area (Å²) in [6.07, 6.45) is 27.6.